The third-order valence-electron chi connectivity index (χ3n) is 5.85. The maximum atomic E-state index is 12.8. The zero-order chi connectivity index (χ0) is 24.1. The number of carbonyl (C=O) groups is 1. The van der Waals surface area contributed by atoms with Crippen molar-refractivity contribution in [1.29, 1.82) is 0 Å². The van der Waals surface area contributed by atoms with Crippen LogP contribution in [0.4, 0.5) is 24.8 Å². The van der Waals surface area contributed by atoms with Crippen molar-refractivity contribution in [2.24, 2.45) is 11.8 Å². The van der Waals surface area contributed by atoms with Gasteiger partial charge in [0.25, 0.3) is 0 Å². The van der Waals surface area contributed by atoms with Crippen LogP contribution in [0.25, 0.3) is 0 Å². The van der Waals surface area contributed by atoms with Crippen molar-refractivity contribution < 1.29 is 30.6 Å². The molecule has 2 aromatic heterocycles. The van der Waals surface area contributed by atoms with Gasteiger partial charge in [0.05, 0.1) is 11.7 Å². The first kappa shape index (κ1) is 23.2. The number of anilines is 2. The fourth-order valence-electron chi connectivity index (χ4n) is 4.29. The number of hydrogen-bond acceptors (Lipinski definition) is 8. The van der Waals surface area contributed by atoms with E-state index in [4.69, 9.17) is 0 Å². The van der Waals surface area contributed by atoms with Crippen LogP contribution in [0.1, 0.15) is 44.0 Å². The zero-order valence-electron chi connectivity index (χ0n) is 18.0. The maximum Gasteiger partial charge on any atom is 0.534 e. The van der Waals surface area contributed by atoms with Gasteiger partial charge in [0.1, 0.15) is 0 Å². The Morgan fingerprint density at radius 1 is 1.27 bits per heavy atom. The van der Waals surface area contributed by atoms with Gasteiger partial charge in [0, 0.05) is 48.6 Å². The van der Waals surface area contributed by atoms with E-state index >= 15 is 0 Å². The number of fused-ring (bicyclic) bond motifs is 1. The second kappa shape index (κ2) is 8.12. The molecule has 0 spiro atoms. The molecule has 0 saturated heterocycles. The average Bonchev–Trinajstić information content (AvgIpc) is 3.53. The van der Waals surface area contributed by atoms with Gasteiger partial charge in [-0.05, 0) is 31.7 Å². The highest BCUT2D eigenvalue weighted by Crippen LogP contribution is 2.50. The maximum absolute atomic E-state index is 12.8. The number of nitrogens with zero attached hydrogens (tertiary/aromatic N) is 4. The number of halogens is 3. The fraction of sp³-hybridized carbons (Fsp3) is 0.500. The molecule has 3 heterocycles. The van der Waals surface area contributed by atoms with Crippen LogP contribution in [-0.2, 0) is 14.9 Å². The van der Waals surface area contributed by atoms with Crippen LogP contribution < -0.4 is 14.4 Å². The minimum Gasteiger partial charge on any atom is -0.355 e. The van der Waals surface area contributed by atoms with Gasteiger partial charge in [0.15, 0.2) is 0 Å². The van der Waals surface area contributed by atoms with Gasteiger partial charge in [-0.1, -0.05) is 6.92 Å². The Morgan fingerprint density at radius 3 is 2.55 bits per heavy atom. The first-order valence-electron chi connectivity index (χ1n) is 10.3. The number of nitrogens with one attached hydrogen (secondary N) is 1. The third-order valence-corrected chi connectivity index (χ3v) is 6.80. The summed E-state index contributed by atoms with van der Waals surface area (Å²) in [6, 6.07) is 2.11. The van der Waals surface area contributed by atoms with Crippen LogP contribution in [0, 0.1) is 18.8 Å². The molecule has 0 bridgehead atoms. The monoisotopic (exact) mass is 485 g/mol. The van der Waals surface area contributed by atoms with Gasteiger partial charge < -0.3 is 14.4 Å². The van der Waals surface area contributed by atoms with E-state index in [0.717, 1.165) is 24.6 Å². The minimum absolute atomic E-state index is 0.120. The van der Waals surface area contributed by atoms with Crippen molar-refractivity contribution in [3.05, 3.63) is 35.8 Å². The third kappa shape index (κ3) is 4.45. The molecular formula is C20H22F3N5O4S. The predicted molar refractivity (Wildman–Crippen MR) is 112 cm³/mol. The van der Waals surface area contributed by atoms with E-state index in [0.29, 0.717) is 11.5 Å². The van der Waals surface area contributed by atoms with Crippen LogP contribution in [0.5, 0.6) is 5.88 Å². The average molecular weight is 485 g/mol. The number of hydrogen-bond donors (Lipinski definition) is 1. The SMILES string of the molecule is CC(=O)N1c2cc(OS(=O)(=O)C(F)(F)F)ncc2C(Nc2nccc(C)n2)[C@@H](C)C1C1CC1. The topological polar surface area (TPSA) is 114 Å². The second-order valence-corrected chi connectivity index (χ2v) is 9.82. The van der Waals surface area contributed by atoms with Crippen molar-refractivity contribution in [2.45, 2.75) is 51.2 Å². The lowest BCUT2D eigenvalue weighted by Gasteiger charge is -2.45. The van der Waals surface area contributed by atoms with Gasteiger partial charge in [-0.15, -0.1) is 0 Å². The summed E-state index contributed by atoms with van der Waals surface area (Å²) in [7, 11) is -5.91. The van der Waals surface area contributed by atoms with Crippen LogP contribution in [0.2, 0.25) is 0 Å². The van der Waals surface area contributed by atoms with Gasteiger partial charge in [-0.2, -0.15) is 21.6 Å². The summed E-state index contributed by atoms with van der Waals surface area (Å²) < 4.78 is 65.6. The normalized spacial score (nSPS) is 23.1. The molecule has 2 aromatic rings. The van der Waals surface area contributed by atoms with Crippen molar-refractivity contribution >= 4 is 27.7 Å². The number of aromatic nitrogens is 3. The minimum atomic E-state index is -5.91. The van der Waals surface area contributed by atoms with Crippen LogP contribution in [-0.4, -0.2) is 40.8 Å². The van der Waals surface area contributed by atoms with Gasteiger partial charge in [-0.25, -0.2) is 15.0 Å². The molecule has 1 N–H and O–H groups in total. The van der Waals surface area contributed by atoms with Crippen molar-refractivity contribution in [3.8, 4) is 5.88 Å². The lowest BCUT2D eigenvalue weighted by atomic mass is 9.80. The zero-order valence-corrected chi connectivity index (χ0v) is 18.8. The molecule has 13 heteroatoms. The summed E-state index contributed by atoms with van der Waals surface area (Å²) in [4.78, 5) is 26.5. The van der Waals surface area contributed by atoms with Crippen molar-refractivity contribution in [2.75, 3.05) is 10.2 Å². The van der Waals surface area contributed by atoms with E-state index in [9.17, 15) is 26.4 Å². The highest BCUT2D eigenvalue weighted by Gasteiger charge is 2.50. The molecule has 4 rings (SSSR count). The Balaban J connectivity index is 1.80. The van der Waals surface area contributed by atoms with Crippen LogP contribution in [0.3, 0.4) is 0 Å². The molecule has 2 unspecified atom stereocenters. The van der Waals surface area contributed by atoms with Gasteiger partial charge >= 0.3 is 15.6 Å². The van der Waals surface area contributed by atoms with Crippen LogP contribution >= 0.6 is 0 Å². The molecular weight excluding hydrogens is 463 g/mol. The van der Waals surface area contributed by atoms with Gasteiger partial charge in [0.2, 0.25) is 17.7 Å². The van der Waals surface area contributed by atoms with E-state index in [2.05, 4.69) is 24.5 Å². The lowest BCUT2D eigenvalue weighted by Crippen LogP contribution is -2.51. The van der Waals surface area contributed by atoms with E-state index in [1.165, 1.54) is 18.0 Å². The molecule has 9 nitrogen and oxygen atoms in total. The molecule has 1 saturated carbocycles. The molecule has 33 heavy (non-hydrogen) atoms. The molecule has 1 amide bonds. The molecule has 3 atom stereocenters. The lowest BCUT2D eigenvalue weighted by molar-refractivity contribution is -0.117. The molecule has 1 aliphatic carbocycles. The standard InChI is InChI=1S/C20H22F3N5O4S/c1-10-6-7-24-19(26-10)27-17-11(2)18(13-4-5-13)28(12(3)29)15-8-16(25-9-14(15)17)32-33(30,31)20(21,22)23/h6-9,11,13,17-18H,4-5H2,1-3H3,(H,24,26,27)/t11-,17?,18?/m1/s1. The molecule has 178 valence electrons. The second-order valence-electron chi connectivity index (χ2n) is 8.28. The van der Waals surface area contributed by atoms with E-state index < -0.39 is 27.5 Å². The molecule has 2 aliphatic rings. The summed E-state index contributed by atoms with van der Waals surface area (Å²) in [5.41, 5.74) is -4.14. The Bertz CT molecular complexity index is 1190. The smallest absolute Gasteiger partial charge is 0.355 e. The van der Waals surface area contributed by atoms with E-state index in [1.54, 1.807) is 12.3 Å². The van der Waals surface area contributed by atoms with Crippen molar-refractivity contribution in [3.63, 3.8) is 0 Å². The molecule has 1 fully saturated rings. The number of alkyl halides is 3. The van der Waals surface area contributed by atoms with Crippen LogP contribution in [0.15, 0.2) is 24.5 Å². The van der Waals surface area contributed by atoms with E-state index in [-0.39, 0.29) is 29.5 Å². The highest BCUT2D eigenvalue weighted by atomic mass is 32.2. The molecule has 0 aromatic carbocycles. The van der Waals surface area contributed by atoms with E-state index in [1.807, 2.05) is 13.8 Å². The summed E-state index contributed by atoms with van der Waals surface area (Å²) in [5.74, 6) is -0.654. The largest absolute Gasteiger partial charge is 0.534 e. The Hall–Kier alpha value is -2.96. The number of aryl methyl sites for hydroxylation is 1. The Kier molecular flexibility index (Phi) is 5.71. The number of carbonyl (C=O) groups excluding carboxylic acids is 1. The number of rotatable bonds is 5. The summed E-state index contributed by atoms with van der Waals surface area (Å²) >= 11 is 0. The number of pyridine rings is 1. The Labute approximate surface area is 188 Å². The number of amides is 1. The summed E-state index contributed by atoms with van der Waals surface area (Å²) in [5, 5.41) is 3.25. The predicted octanol–water partition coefficient (Wildman–Crippen LogP) is 3.34. The van der Waals surface area contributed by atoms with Gasteiger partial charge in [-0.3, -0.25) is 4.79 Å². The quantitative estimate of drug-likeness (QED) is 0.507. The molecule has 1 aliphatic heterocycles. The first-order valence-corrected chi connectivity index (χ1v) is 11.7. The Morgan fingerprint density at radius 2 is 1.97 bits per heavy atom. The highest BCUT2D eigenvalue weighted by molar-refractivity contribution is 7.87. The summed E-state index contributed by atoms with van der Waals surface area (Å²) in [6.45, 7) is 5.13. The fourth-order valence-corrected chi connectivity index (χ4v) is 4.70. The summed E-state index contributed by atoms with van der Waals surface area (Å²) in [6.07, 6.45) is 4.62. The van der Waals surface area contributed by atoms with Crippen molar-refractivity contribution in [1.82, 2.24) is 15.0 Å². The molecule has 0 radical (unpaired) electrons. The first-order chi connectivity index (χ1) is 15.4.